The zero-order valence-corrected chi connectivity index (χ0v) is 13.1. The number of carbonyl (C=O) groups is 1. The van der Waals surface area contributed by atoms with Gasteiger partial charge in [0, 0.05) is 24.5 Å². The van der Waals surface area contributed by atoms with E-state index < -0.39 is 0 Å². The first-order chi connectivity index (χ1) is 12.3. The Bertz CT molecular complexity index is 896. The van der Waals surface area contributed by atoms with E-state index in [1.807, 2.05) is 18.2 Å². The van der Waals surface area contributed by atoms with E-state index in [9.17, 15) is 4.79 Å². The van der Waals surface area contributed by atoms with Gasteiger partial charge in [-0.2, -0.15) is 4.80 Å². The molecule has 9 nitrogen and oxygen atoms in total. The molecule has 4 rings (SSSR count). The molecule has 25 heavy (non-hydrogen) atoms. The maximum atomic E-state index is 12.1. The van der Waals surface area contributed by atoms with Crippen molar-refractivity contribution in [2.75, 3.05) is 6.79 Å². The highest BCUT2D eigenvalue weighted by Gasteiger charge is 2.14. The molecule has 0 aliphatic carbocycles. The highest BCUT2D eigenvalue weighted by molar-refractivity contribution is 5.75. The van der Waals surface area contributed by atoms with Crippen LogP contribution >= 0.6 is 0 Å². The van der Waals surface area contributed by atoms with Crippen molar-refractivity contribution in [3.8, 4) is 22.9 Å². The van der Waals surface area contributed by atoms with Gasteiger partial charge in [0.05, 0.1) is 0 Å². The third-order valence-electron chi connectivity index (χ3n) is 3.60. The number of benzene rings is 1. The highest BCUT2D eigenvalue weighted by Crippen LogP contribution is 2.32. The van der Waals surface area contributed by atoms with Crippen molar-refractivity contribution in [1.82, 2.24) is 30.5 Å². The molecule has 126 valence electrons. The molecule has 1 aliphatic rings. The fourth-order valence-electron chi connectivity index (χ4n) is 2.36. The predicted molar refractivity (Wildman–Crippen MR) is 85.5 cm³/mol. The first-order valence-corrected chi connectivity index (χ1v) is 7.61. The molecule has 2 aromatic heterocycles. The van der Waals surface area contributed by atoms with Gasteiger partial charge in [-0.15, -0.1) is 10.2 Å². The molecule has 1 aromatic carbocycles. The van der Waals surface area contributed by atoms with Crippen LogP contribution in [-0.4, -0.2) is 37.9 Å². The number of tetrazole rings is 1. The number of carbonyl (C=O) groups excluding carboxylic acids is 1. The van der Waals surface area contributed by atoms with Crippen LogP contribution in [0.2, 0.25) is 0 Å². The number of rotatable bonds is 5. The zero-order valence-electron chi connectivity index (χ0n) is 13.1. The zero-order chi connectivity index (χ0) is 17.1. The van der Waals surface area contributed by atoms with E-state index >= 15 is 0 Å². The summed E-state index contributed by atoms with van der Waals surface area (Å²) in [5.41, 5.74) is 1.71. The van der Waals surface area contributed by atoms with E-state index in [0.29, 0.717) is 23.9 Å². The Kier molecular flexibility index (Phi) is 3.95. The minimum Gasteiger partial charge on any atom is -0.454 e. The van der Waals surface area contributed by atoms with Gasteiger partial charge in [-0.3, -0.25) is 9.78 Å². The van der Waals surface area contributed by atoms with Crippen molar-refractivity contribution in [3.05, 3.63) is 48.3 Å². The van der Waals surface area contributed by atoms with Crippen LogP contribution in [0, 0.1) is 0 Å². The lowest BCUT2D eigenvalue weighted by molar-refractivity contribution is -0.122. The van der Waals surface area contributed by atoms with E-state index in [1.54, 1.807) is 24.5 Å². The fraction of sp³-hybridized carbons (Fsp3) is 0.188. The third kappa shape index (κ3) is 3.39. The lowest BCUT2D eigenvalue weighted by Gasteiger charge is -2.05. The molecule has 1 N–H and O–H groups in total. The van der Waals surface area contributed by atoms with Gasteiger partial charge in [-0.05, 0) is 35.0 Å². The normalized spacial score (nSPS) is 12.2. The van der Waals surface area contributed by atoms with Crippen LogP contribution in [0.25, 0.3) is 11.4 Å². The number of pyridine rings is 1. The quantitative estimate of drug-likeness (QED) is 0.733. The number of hydrogen-bond acceptors (Lipinski definition) is 7. The average molecular weight is 338 g/mol. The molecular formula is C16H14N6O3. The van der Waals surface area contributed by atoms with Crippen molar-refractivity contribution < 1.29 is 14.3 Å². The van der Waals surface area contributed by atoms with E-state index in [0.717, 1.165) is 11.1 Å². The van der Waals surface area contributed by atoms with E-state index in [-0.39, 0.29) is 19.2 Å². The first-order valence-electron chi connectivity index (χ1n) is 7.61. The minimum atomic E-state index is -0.212. The topological polar surface area (TPSA) is 104 Å². The van der Waals surface area contributed by atoms with E-state index in [1.165, 1.54) is 4.80 Å². The summed E-state index contributed by atoms with van der Waals surface area (Å²) in [4.78, 5) is 17.3. The molecule has 0 saturated heterocycles. The lowest BCUT2D eigenvalue weighted by atomic mass is 10.2. The van der Waals surface area contributed by atoms with Crippen LogP contribution in [0.5, 0.6) is 11.5 Å². The van der Waals surface area contributed by atoms with E-state index in [4.69, 9.17) is 9.47 Å². The van der Waals surface area contributed by atoms with Crippen molar-refractivity contribution >= 4 is 5.91 Å². The molecule has 0 atom stereocenters. The highest BCUT2D eigenvalue weighted by atomic mass is 16.7. The van der Waals surface area contributed by atoms with Crippen LogP contribution in [-0.2, 0) is 17.9 Å². The Morgan fingerprint density at radius 1 is 1.16 bits per heavy atom. The molecule has 3 aromatic rings. The van der Waals surface area contributed by atoms with E-state index in [2.05, 4.69) is 25.7 Å². The summed E-state index contributed by atoms with van der Waals surface area (Å²) >= 11 is 0. The van der Waals surface area contributed by atoms with Gasteiger partial charge >= 0.3 is 0 Å². The molecule has 0 fully saturated rings. The summed E-state index contributed by atoms with van der Waals surface area (Å²) in [5.74, 6) is 1.64. The molecular weight excluding hydrogens is 324 g/mol. The monoisotopic (exact) mass is 338 g/mol. The van der Waals surface area contributed by atoms with Crippen molar-refractivity contribution in [2.24, 2.45) is 0 Å². The molecule has 9 heteroatoms. The summed E-state index contributed by atoms with van der Waals surface area (Å²) in [6.07, 6.45) is 3.29. The molecule has 3 heterocycles. The Balaban J connectivity index is 1.34. The summed E-state index contributed by atoms with van der Waals surface area (Å²) in [6, 6.07) is 9.10. The van der Waals surface area contributed by atoms with Gasteiger partial charge in [0.15, 0.2) is 11.5 Å². The second-order valence-electron chi connectivity index (χ2n) is 5.34. The Morgan fingerprint density at radius 3 is 2.88 bits per heavy atom. The Labute approximate surface area is 142 Å². The predicted octanol–water partition coefficient (Wildman–Crippen LogP) is 0.780. The molecule has 1 aliphatic heterocycles. The van der Waals surface area contributed by atoms with Crippen molar-refractivity contribution in [1.29, 1.82) is 0 Å². The van der Waals surface area contributed by atoms with Gasteiger partial charge in [-0.25, -0.2) is 0 Å². The van der Waals surface area contributed by atoms with Gasteiger partial charge in [0.2, 0.25) is 18.5 Å². The van der Waals surface area contributed by atoms with Crippen LogP contribution in [0.1, 0.15) is 5.56 Å². The van der Waals surface area contributed by atoms with Crippen molar-refractivity contribution in [2.45, 2.75) is 13.1 Å². The number of aromatic nitrogens is 5. The molecule has 0 bridgehead atoms. The minimum absolute atomic E-state index is 0.0113. The molecule has 0 saturated carbocycles. The molecule has 0 unspecified atom stereocenters. The molecule has 0 radical (unpaired) electrons. The number of amides is 1. The average Bonchev–Trinajstić information content (AvgIpc) is 3.29. The van der Waals surface area contributed by atoms with Crippen LogP contribution in [0.3, 0.4) is 0 Å². The smallest absolute Gasteiger partial charge is 0.243 e. The summed E-state index contributed by atoms with van der Waals surface area (Å²) in [5, 5.41) is 14.8. The van der Waals surface area contributed by atoms with Gasteiger partial charge < -0.3 is 14.8 Å². The standard InChI is InChI=1S/C16H14N6O3/c23-15(18-8-11-1-2-13-14(7-11)25-10-24-13)9-22-20-16(19-21-22)12-3-5-17-6-4-12/h1-7H,8-10H2,(H,18,23). The van der Waals surface area contributed by atoms with Gasteiger partial charge in [0.1, 0.15) is 6.54 Å². The molecule has 0 spiro atoms. The number of nitrogens with one attached hydrogen (secondary N) is 1. The second kappa shape index (κ2) is 6.56. The summed E-state index contributed by atoms with van der Waals surface area (Å²) < 4.78 is 10.6. The Morgan fingerprint density at radius 2 is 2.00 bits per heavy atom. The third-order valence-corrected chi connectivity index (χ3v) is 3.60. The van der Waals surface area contributed by atoms with Crippen LogP contribution < -0.4 is 14.8 Å². The van der Waals surface area contributed by atoms with Gasteiger partial charge in [0.25, 0.3) is 0 Å². The maximum Gasteiger partial charge on any atom is 0.243 e. The summed E-state index contributed by atoms with van der Waals surface area (Å²) in [7, 11) is 0. The Hall–Kier alpha value is -3.49. The number of hydrogen-bond donors (Lipinski definition) is 1. The van der Waals surface area contributed by atoms with Crippen LogP contribution in [0.15, 0.2) is 42.7 Å². The lowest BCUT2D eigenvalue weighted by Crippen LogP contribution is -2.28. The summed E-state index contributed by atoms with van der Waals surface area (Å²) in [6.45, 7) is 0.590. The van der Waals surface area contributed by atoms with Crippen LogP contribution in [0.4, 0.5) is 0 Å². The first kappa shape index (κ1) is 15.1. The van der Waals surface area contributed by atoms with Crippen molar-refractivity contribution in [3.63, 3.8) is 0 Å². The largest absolute Gasteiger partial charge is 0.454 e. The second-order valence-corrected chi connectivity index (χ2v) is 5.34. The molecule has 1 amide bonds. The number of nitrogens with zero attached hydrogens (tertiary/aromatic N) is 5. The SMILES string of the molecule is O=C(Cn1nnc(-c2ccncc2)n1)NCc1ccc2c(c1)OCO2. The van der Waals surface area contributed by atoms with Gasteiger partial charge in [-0.1, -0.05) is 6.07 Å². The number of fused-ring (bicyclic) bond motifs is 1. The fourth-order valence-corrected chi connectivity index (χ4v) is 2.36. The maximum absolute atomic E-state index is 12.1. The number of ether oxygens (including phenoxy) is 2.